The van der Waals surface area contributed by atoms with Gasteiger partial charge in [-0.1, -0.05) is 6.07 Å². The fourth-order valence-electron chi connectivity index (χ4n) is 1.93. The molecule has 0 unspecified atom stereocenters. The Bertz CT molecular complexity index is 673. The van der Waals surface area contributed by atoms with E-state index in [1.807, 2.05) is 34.9 Å². The lowest BCUT2D eigenvalue weighted by Crippen LogP contribution is -1.93. The lowest BCUT2D eigenvalue weighted by atomic mass is 10.2. The molecule has 17 heavy (non-hydrogen) atoms. The van der Waals surface area contributed by atoms with Crippen LogP contribution in [0.3, 0.4) is 0 Å². The van der Waals surface area contributed by atoms with E-state index in [0.717, 1.165) is 17.5 Å². The van der Waals surface area contributed by atoms with Gasteiger partial charge in [0.05, 0.1) is 11.9 Å². The van der Waals surface area contributed by atoms with Crippen LogP contribution in [-0.2, 0) is 0 Å². The Morgan fingerprint density at radius 2 is 2.18 bits per heavy atom. The topological polar surface area (TPSA) is 47.3 Å². The first-order chi connectivity index (χ1) is 8.40. The molecule has 0 aromatic carbocycles. The van der Waals surface area contributed by atoms with Crippen LogP contribution in [0.5, 0.6) is 0 Å². The van der Waals surface area contributed by atoms with Crippen molar-refractivity contribution in [3.8, 4) is 11.4 Å². The number of rotatable bonds is 2. The number of fused-ring (bicyclic) bond motifs is 1. The molecule has 0 saturated heterocycles. The Balaban J connectivity index is 2.38. The molecule has 4 nitrogen and oxygen atoms in total. The summed E-state index contributed by atoms with van der Waals surface area (Å²) in [6, 6.07) is 7.65. The second-order valence-electron chi connectivity index (χ2n) is 3.65. The Morgan fingerprint density at radius 1 is 1.24 bits per heavy atom. The molecule has 0 fully saturated rings. The standard InChI is InChI=1S/C13H9N3O/c17-9-10-7-11-3-1-2-6-16(11)13(10)12-8-14-4-5-15-12/h1-9H. The molecule has 0 radical (unpaired) electrons. The van der Waals surface area contributed by atoms with Crippen LogP contribution in [0.4, 0.5) is 0 Å². The number of nitrogens with zero attached hydrogens (tertiary/aromatic N) is 3. The maximum absolute atomic E-state index is 11.1. The van der Waals surface area contributed by atoms with Crippen molar-refractivity contribution in [3.05, 3.63) is 54.6 Å². The summed E-state index contributed by atoms with van der Waals surface area (Å²) in [7, 11) is 0. The second kappa shape index (κ2) is 3.83. The molecule has 0 amide bonds. The predicted octanol–water partition coefficient (Wildman–Crippen LogP) is 2.21. The van der Waals surface area contributed by atoms with Crippen LogP contribution < -0.4 is 0 Å². The van der Waals surface area contributed by atoms with Crippen molar-refractivity contribution >= 4 is 11.8 Å². The summed E-state index contributed by atoms with van der Waals surface area (Å²) in [4.78, 5) is 19.4. The molecule has 0 spiro atoms. The van der Waals surface area contributed by atoms with E-state index in [2.05, 4.69) is 9.97 Å². The average molecular weight is 223 g/mol. The summed E-state index contributed by atoms with van der Waals surface area (Å²) in [5.74, 6) is 0. The van der Waals surface area contributed by atoms with Gasteiger partial charge < -0.3 is 4.40 Å². The lowest BCUT2D eigenvalue weighted by Gasteiger charge is -2.02. The van der Waals surface area contributed by atoms with Crippen molar-refractivity contribution in [3.63, 3.8) is 0 Å². The highest BCUT2D eigenvalue weighted by Gasteiger charge is 2.12. The van der Waals surface area contributed by atoms with Gasteiger partial charge in [-0.3, -0.25) is 14.8 Å². The molecule has 82 valence electrons. The van der Waals surface area contributed by atoms with Crippen LogP contribution in [0.1, 0.15) is 10.4 Å². The zero-order valence-electron chi connectivity index (χ0n) is 8.95. The predicted molar refractivity (Wildman–Crippen MR) is 63.8 cm³/mol. The van der Waals surface area contributed by atoms with E-state index in [0.29, 0.717) is 11.3 Å². The molecule has 0 aliphatic heterocycles. The van der Waals surface area contributed by atoms with Gasteiger partial charge in [-0.05, 0) is 18.2 Å². The van der Waals surface area contributed by atoms with Crippen LogP contribution in [0, 0.1) is 0 Å². The third kappa shape index (κ3) is 1.50. The van der Waals surface area contributed by atoms with Crippen LogP contribution in [0.25, 0.3) is 16.9 Å². The zero-order valence-corrected chi connectivity index (χ0v) is 8.95. The van der Waals surface area contributed by atoms with Gasteiger partial charge in [0.2, 0.25) is 0 Å². The van der Waals surface area contributed by atoms with Gasteiger partial charge in [-0.15, -0.1) is 0 Å². The number of hydrogen-bond acceptors (Lipinski definition) is 3. The molecular formula is C13H9N3O. The normalized spacial score (nSPS) is 10.6. The van der Waals surface area contributed by atoms with Crippen molar-refractivity contribution < 1.29 is 4.79 Å². The molecule has 0 aliphatic rings. The average Bonchev–Trinajstić information content (AvgIpc) is 2.78. The highest BCUT2D eigenvalue weighted by atomic mass is 16.1. The van der Waals surface area contributed by atoms with Crippen molar-refractivity contribution in [1.82, 2.24) is 14.4 Å². The fourth-order valence-corrected chi connectivity index (χ4v) is 1.93. The summed E-state index contributed by atoms with van der Waals surface area (Å²) in [5.41, 5.74) is 3.07. The first-order valence-corrected chi connectivity index (χ1v) is 5.22. The quantitative estimate of drug-likeness (QED) is 0.626. The van der Waals surface area contributed by atoms with Crippen molar-refractivity contribution in [2.75, 3.05) is 0 Å². The van der Waals surface area contributed by atoms with Crippen LogP contribution >= 0.6 is 0 Å². The SMILES string of the molecule is O=Cc1cc2ccccn2c1-c1cnccn1. The summed E-state index contributed by atoms with van der Waals surface area (Å²) < 4.78 is 1.94. The number of aldehydes is 1. The van der Waals surface area contributed by atoms with E-state index < -0.39 is 0 Å². The minimum absolute atomic E-state index is 0.622. The first kappa shape index (κ1) is 9.72. The van der Waals surface area contributed by atoms with Crippen LogP contribution in [0.15, 0.2) is 49.1 Å². The van der Waals surface area contributed by atoms with E-state index >= 15 is 0 Å². The summed E-state index contributed by atoms with van der Waals surface area (Å²) >= 11 is 0. The number of hydrogen-bond donors (Lipinski definition) is 0. The molecule has 0 bridgehead atoms. The molecule has 4 heteroatoms. The van der Waals surface area contributed by atoms with Crippen molar-refractivity contribution in [2.45, 2.75) is 0 Å². The Morgan fingerprint density at radius 3 is 2.94 bits per heavy atom. The maximum Gasteiger partial charge on any atom is 0.152 e. The van der Waals surface area contributed by atoms with E-state index in [1.165, 1.54) is 0 Å². The monoisotopic (exact) mass is 223 g/mol. The minimum atomic E-state index is 0.622. The first-order valence-electron chi connectivity index (χ1n) is 5.22. The number of carbonyl (C=O) groups is 1. The second-order valence-corrected chi connectivity index (χ2v) is 3.65. The molecule has 3 heterocycles. The van der Waals surface area contributed by atoms with Gasteiger partial charge >= 0.3 is 0 Å². The zero-order chi connectivity index (χ0) is 11.7. The largest absolute Gasteiger partial charge is 0.314 e. The van der Waals surface area contributed by atoms with E-state index in [4.69, 9.17) is 0 Å². The third-order valence-electron chi connectivity index (χ3n) is 2.64. The molecule has 0 aliphatic carbocycles. The van der Waals surface area contributed by atoms with E-state index in [1.54, 1.807) is 18.6 Å². The summed E-state index contributed by atoms with van der Waals surface area (Å²) in [5, 5.41) is 0. The molecular weight excluding hydrogens is 214 g/mol. The molecule has 3 aromatic heterocycles. The molecule has 3 aromatic rings. The minimum Gasteiger partial charge on any atom is -0.314 e. The maximum atomic E-state index is 11.1. The van der Waals surface area contributed by atoms with Gasteiger partial charge in [0.25, 0.3) is 0 Å². The van der Waals surface area contributed by atoms with Crippen LogP contribution in [0.2, 0.25) is 0 Å². The Hall–Kier alpha value is -2.49. The highest BCUT2D eigenvalue weighted by Crippen LogP contribution is 2.24. The smallest absolute Gasteiger partial charge is 0.152 e. The summed E-state index contributed by atoms with van der Waals surface area (Å²) in [6.07, 6.45) is 7.64. The Labute approximate surface area is 97.6 Å². The third-order valence-corrected chi connectivity index (χ3v) is 2.64. The van der Waals surface area contributed by atoms with Crippen LogP contribution in [-0.4, -0.2) is 20.7 Å². The lowest BCUT2D eigenvalue weighted by molar-refractivity contribution is 0.112. The van der Waals surface area contributed by atoms with Gasteiger partial charge in [0.15, 0.2) is 6.29 Å². The summed E-state index contributed by atoms with van der Waals surface area (Å²) in [6.45, 7) is 0. The van der Waals surface area contributed by atoms with E-state index in [9.17, 15) is 4.79 Å². The fraction of sp³-hybridized carbons (Fsp3) is 0. The molecule has 0 atom stereocenters. The highest BCUT2D eigenvalue weighted by molar-refractivity contribution is 5.89. The molecule has 0 saturated carbocycles. The number of pyridine rings is 1. The van der Waals surface area contributed by atoms with Gasteiger partial charge in [-0.2, -0.15) is 0 Å². The van der Waals surface area contributed by atoms with Gasteiger partial charge in [-0.25, -0.2) is 0 Å². The number of carbonyl (C=O) groups excluding carboxylic acids is 1. The van der Waals surface area contributed by atoms with Gasteiger partial charge in [0.1, 0.15) is 5.69 Å². The number of aromatic nitrogens is 3. The Kier molecular flexibility index (Phi) is 2.19. The van der Waals surface area contributed by atoms with Gasteiger partial charge in [0, 0.05) is 29.7 Å². The van der Waals surface area contributed by atoms with E-state index in [-0.39, 0.29) is 0 Å². The van der Waals surface area contributed by atoms with Crippen molar-refractivity contribution in [1.29, 1.82) is 0 Å². The van der Waals surface area contributed by atoms with Crippen molar-refractivity contribution in [2.24, 2.45) is 0 Å². The molecule has 0 N–H and O–H groups in total. The molecule has 3 rings (SSSR count).